The van der Waals surface area contributed by atoms with Gasteiger partial charge in [-0.25, -0.2) is 17.9 Å². The summed E-state index contributed by atoms with van der Waals surface area (Å²) >= 11 is 0. The van der Waals surface area contributed by atoms with Gasteiger partial charge in [0.05, 0.1) is 10.5 Å². The lowest BCUT2D eigenvalue weighted by atomic mass is 9.86. The van der Waals surface area contributed by atoms with E-state index in [2.05, 4.69) is 32.4 Å². The highest BCUT2D eigenvalue weighted by atomic mass is 32.2. The summed E-state index contributed by atoms with van der Waals surface area (Å²) in [4.78, 5) is 10.9. The average Bonchev–Trinajstić information content (AvgIpc) is 2.38. The minimum absolute atomic E-state index is 0.0198. The van der Waals surface area contributed by atoms with Crippen LogP contribution < -0.4 is 4.72 Å². The standard InChI is InChI=1S/C15H23NO4S/c1-10(2)14(11(3)4)9-16-21(19,20)13-7-5-6-12(8-13)15(17)18/h5-8,10-11,14,16H,9H2,1-4H3,(H,17,18). The Bertz CT molecular complexity index is 585. The first kappa shape index (κ1) is 17.7. The lowest BCUT2D eigenvalue weighted by Crippen LogP contribution is -2.34. The Morgan fingerprint density at radius 1 is 1.19 bits per heavy atom. The molecule has 0 spiro atoms. The number of hydrogen-bond acceptors (Lipinski definition) is 3. The Morgan fingerprint density at radius 2 is 1.76 bits per heavy atom. The first-order valence-electron chi connectivity index (χ1n) is 6.98. The minimum Gasteiger partial charge on any atom is -0.478 e. The van der Waals surface area contributed by atoms with Gasteiger partial charge in [-0.1, -0.05) is 33.8 Å². The van der Waals surface area contributed by atoms with E-state index in [1.807, 2.05) is 0 Å². The van der Waals surface area contributed by atoms with Crippen LogP contribution in [0.1, 0.15) is 38.1 Å². The topological polar surface area (TPSA) is 83.5 Å². The second-order valence-corrected chi connectivity index (χ2v) is 7.60. The van der Waals surface area contributed by atoms with Crippen molar-refractivity contribution >= 4 is 16.0 Å². The summed E-state index contributed by atoms with van der Waals surface area (Å²) in [5.41, 5.74) is -0.0397. The molecule has 0 amide bonds. The van der Waals surface area contributed by atoms with Gasteiger partial charge in [0.25, 0.3) is 0 Å². The quantitative estimate of drug-likeness (QED) is 0.810. The molecule has 0 fully saturated rings. The van der Waals surface area contributed by atoms with Crippen LogP contribution in [0.4, 0.5) is 0 Å². The van der Waals surface area contributed by atoms with E-state index >= 15 is 0 Å². The molecule has 118 valence electrons. The Hall–Kier alpha value is -1.40. The molecule has 0 saturated heterocycles. The Labute approximate surface area is 126 Å². The predicted molar refractivity (Wildman–Crippen MR) is 81.8 cm³/mol. The van der Waals surface area contributed by atoms with Crippen molar-refractivity contribution in [3.63, 3.8) is 0 Å². The summed E-state index contributed by atoms with van der Waals surface area (Å²) in [7, 11) is -3.69. The lowest BCUT2D eigenvalue weighted by molar-refractivity contribution is 0.0696. The number of carboxylic acids is 1. The van der Waals surface area contributed by atoms with Gasteiger partial charge >= 0.3 is 5.97 Å². The van der Waals surface area contributed by atoms with Gasteiger partial charge in [-0.15, -0.1) is 0 Å². The molecule has 5 nitrogen and oxygen atoms in total. The fraction of sp³-hybridized carbons (Fsp3) is 0.533. The van der Waals surface area contributed by atoms with Crippen LogP contribution in [-0.2, 0) is 10.0 Å². The predicted octanol–water partition coefficient (Wildman–Crippen LogP) is 2.59. The molecular weight excluding hydrogens is 290 g/mol. The summed E-state index contributed by atoms with van der Waals surface area (Å²) < 4.78 is 27.1. The van der Waals surface area contributed by atoms with E-state index in [0.29, 0.717) is 18.4 Å². The van der Waals surface area contributed by atoms with E-state index in [4.69, 9.17) is 5.11 Å². The van der Waals surface area contributed by atoms with Crippen LogP contribution in [0.15, 0.2) is 29.2 Å². The number of hydrogen-bond donors (Lipinski definition) is 2. The third-order valence-electron chi connectivity index (χ3n) is 3.61. The molecule has 21 heavy (non-hydrogen) atoms. The smallest absolute Gasteiger partial charge is 0.335 e. The summed E-state index contributed by atoms with van der Waals surface area (Å²) in [6, 6.07) is 5.37. The molecule has 2 N–H and O–H groups in total. The minimum atomic E-state index is -3.69. The van der Waals surface area contributed by atoms with Gasteiger partial charge in [0, 0.05) is 6.54 Å². The fourth-order valence-electron chi connectivity index (χ4n) is 2.33. The maximum atomic E-state index is 12.3. The lowest BCUT2D eigenvalue weighted by Gasteiger charge is -2.25. The third kappa shape index (κ3) is 4.82. The molecule has 0 saturated carbocycles. The van der Waals surface area contributed by atoms with Crippen LogP contribution in [0.3, 0.4) is 0 Å². The van der Waals surface area contributed by atoms with Crippen LogP contribution in [0.25, 0.3) is 0 Å². The molecule has 0 radical (unpaired) electrons. The monoisotopic (exact) mass is 313 g/mol. The van der Waals surface area contributed by atoms with Crippen LogP contribution in [0, 0.1) is 17.8 Å². The van der Waals surface area contributed by atoms with Crippen molar-refractivity contribution in [1.29, 1.82) is 0 Å². The van der Waals surface area contributed by atoms with Crippen LogP contribution >= 0.6 is 0 Å². The zero-order valence-electron chi connectivity index (χ0n) is 12.8. The van der Waals surface area contributed by atoms with Crippen molar-refractivity contribution in [2.75, 3.05) is 6.54 Å². The summed E-state index contributed by atoms with van der Waals surface area (Å²) in [6.45, 7) is 8.58. The number of sulfonamides is 1. The number of nitrogens with one attached hydrogen (secondary N) is 1. The zero-order valence-corrected chi connectivity index (χ0v) is 13.6. The van der Waals surface area contributed by atoms with Crippen molar-refractivity contribution < 1.29 is 18.3 Å². The van der Waals surface area contributed by atoms with E-state index in [1.165, 1.54) is 24.3 Å². The van der Waals surface area contributed by atoms with E-state index in [1.54, 1.807) is 0 Å². The fourth-order valence-corrected chi connectivity index (χ4v) is 3.45. The molecule has 6 heteroatoms. The highest BCUT2D eigenvalue weighted by molar-refractivity contribution is 7.89. The third-order valence-corrected chi connectivity index (χ3v) is 5.03. The molecule has 1 aromatic rings. The highest BCUT2D eigenvalue weighted by Gasteiger charge is 2.22. The van der Waals surface area contributed by atoms with E-state index in [0.717, 1.165) is 0 Å². The van der Waals surface area contributed by atoms with Gasteiger partial charge in [0.15, 0.2) is 0 Å². The first-order valence-corrected chi connectivity index (χ1v) is 8.46. The van der Waals surface area contributed by atoms with Gasteiger partial charge in [-0.05, 0) is 36.0 Å². The van der Waals surface area contributed by atoms with E-state index in [9.17, 15) is 13.2 Å². The normalized spacial score (nSPS) is 12.3. The van der Waals surface area contributed by atoms with Crippen molar-refractivity contribution in [3.8, 4) is 0 Å². The zero-order chi connectivity index (χ0) is 16.2. The van der Waals surface area contributed by atoms with Gasteiger partial charge in [-0.2, -0.15) is 0 Å². The van der Waals surface area contributed by atoms with Gasteiger partial charge in [0.2, 0.25) is 10.0 Å². The van der Waals surface area contributed by atoms with Gasteiger partial charge in [0.1, 0.15) is 0 Å². The average molecular weight is 313 g/mol. The second-order valence-electron chi connectivity index (χ2n) is 5.84. The number of carboxylic acid groups (broad SMARTS) is 1. The van der Waals surface area contributed by atoms with E-state index < -0.39 is 16.0 Å². The molecule has 1 rings (SSSR count). The Morgan fingerprint density at radius 3 is 2.24 bits per heavy atom. The largest absolute Gasteiger partial charge is 0.478 e. The van der Waals surface area contributed by atoms with Crippen molar-refractivity contribution in [1.82, 2.24) is 4.72 Å². The number of benzene rings is 1. The van der Waals surface area contributed by atoms with Crippen LogP contribution in [0.2, 0.25) is 0 Å². The molecule has 0 aliphatic rings. The molecule has 0 heterocycles. The molecule has 1 aromatic carbocycles. The molecule has 0 unspecified atom stereocenters. The maximum absolute atomic E-state index is 12.3. The molecule has 0 aliphatic carbocycles. The number of rotatable bonds is 7. The molecule has 0 aromatic heterocycles. The van der Waals surface area contributed by atoms with Crippen molar-refractivity contribution in [2.24, 2.45) is 17.8 Å². The molecule has 0 atom stereocenters. The summed E-state index contributed by atoms with van der Waals surface area (Å²) in [6.07, 6.45) is 0. The summed E-state index contributed by atoms with van der Waals surface area (Å²) in [5.74, 6) is -0.201. The second kappa shape index (κ2) is 7.04. The Kier molecular flexibility index (Phi) is 5.92. The van der Waals surface area contributed by atoms with Crippen LogP contribution in [0.5, 0.6) is 0 Å². The highest BCUT2D eigenvalue weighted by Crippen LogP contribution is 2.20. The molecule has 0 aliphatic heterocycles. The molecule has 0 bridgehead atoms. The van der Waals surface area contributed by atoms with Gasteiger partial charge < -0.3 is 5.11 Å². The SMILES string of the molecule is CC(C)C(CNS(=O)(=O)c1cccc(C(=O)O)c1)C(C)C. The van der Waals surface area contributed by atoms with Crippen LogP contribution in [-0.4, -0.2) is 26.0 Å². The number of carbonyl (C=O) groups is 1. The Balaban J connectivity index is 2.91. The first-order chi connectivity index (χ1) is 9.65. The van der Waals surface area contributed by atoms with Crippen molar-refractivity contribution in [3.05, 3.63) is 29.8 Å². The number of aromatic carboxylic acids is 1. The summed E-state index contributed by atoms with van der Waals surface area (Å²) in [5, 5.41) is 8.92. The van der Waals surface area contributed by atoms with Crippen molar-refractivity contribution in [2.45, 2.75) is 32.6 Å². The maximum Gasteiger partial charge on any atom is 0.335 e. The van der Waals surface area contributed by atoms with E-state index in [-0.39, 0.29) is 16.4 Å². The molecular formula is C15H23NO4S. The van der Waals surface area contributed by atoms with Gasteiger partial charge in [-0.3, -0.25) is 0 Å².